The highest BCUT2D eigenvalue weighted by Gasteiger charge is 2.54. The molecule has 7 heteroatoms. The predicted molar refractivity (Wildman–Crippen MR) is 72.9 cm³/mol. The predicted octanol–water partition coefficient (Wildman–Crippen LogP) is -1.51. The van der Waals surface area contributed by atoms with Gasteiger partial charge in [0, 0.05) is 23.7 Å². The van der Waals surface area contributed by atoms with Crippen LogP contribution in [0.5, 0.6) is 0 Å². The second-order valence-electron chi connectivity index (χ2n) is 7.02. The quantitative estimate of drug-likeness (QED) is 0.340. The van der Waals surface area contributed by atoms with Crippen molar-refractivity contribution in [1.29, 1.82) is 0 Å². The maximum absolute atomic E-state index is 9.53. The molecule has 1 heterocycles. The zero-order chi connectivity index (χ0) is 15.3. The first-order chi connectivity index (χ1) is 9.88. The van der Waals surface area contributed by atoms with Gasteiger partial charge < -0.3 is 36.6 Å². The largest absolute Gasteiger partial charge is 0.368 e. The number of ether oxygens (including phenoxy) is 1. The Balaban J connectivity index is 1.86. The van der Waals surface area contributed by atoms with Crippen molar-refractivity contribution in [3.05, 3.63) is 0 Å². The van der Waals surface area contributed by atoms with E-state index in [0.29, 0.717) is 25.7 Å². The molecule has 0 bridgehead atoms. The van der Waals surface area contributed by atoms with E-state index in [2.05, 4.69) is 0 Å². The van der Waals surface area contributed by atoms with Crippen LogP contribution in [0.3, 0.4) is 0 Å². The van der Waals surface area contributed by atoms with Gasteiger partial charge in [-0.15, -0.1) is 0 Å². The Morgan fingerprint density at radius 1 is 0.762 bits per heavy atom. The Morgan fingerprint density at radius 2 is 1.19 bits per heavy atom. The fourth-order valence-electron chi connectivity index (χ4n) is 4.99. The minimum absolute atomic E-state index is 0.0529. The van der Waals surface area contributed by atoms with E-state index in [9.17, 15) is 20.4 Å². The molecule has 1 saturated heterocycles. The van der Waals surface area contributed by atoms with Crippen LogP contribution in [0.25, 0.3) is 0 Å². The fourth-order valence-corrected chi connectivity index (χ4v) is 4.99. The number of aliphatic hydroxyl groups is 4. The summed E-state index contributed by atoms with van der Waals surface area (Å²) in [5, 5.41) is 38.1. The van der Waals surface area contributed by atoms with Gasteiger partial charge in [-0.1, -0.05) is 0 Å². The van der Waals surface area contributed by atoms with Crippen molar-refractivity contribution in [3.8, 4) is 0 Å². The van der Waals surface area contributed by atoms with Gasteiger partial charge in [0.05, 0.1) is 0 Å². The molecule has 0 aromatic heterocycles. The van der Waals surface area contributed by atoms with Gasteiger partial charge in [-0.25, -0.2) is 0 Å². The standard InChI is InChI=1S/C14H26N2O5/c15-11-8-3-6(13(17)18)1-5-2-7(14(19)20)4-9(10(5)8)12(16)21-11/h5-14,17-20H,1-4,15-16H2. The number of hydrogen-bond acceptors (Lipinski definition) is 7. The molecule has 3 fully saturated rings. The number of nitrogens with two attached hydrogens (primary N) is 2. The van der Waals surface area contributed by atoms with Crippen molar-refractivity contribution in [2.45, 2.75) is 50.7 Å². The molecule has 0 aromatic carbocycles. The minimum atomic E-state index is -1.37. The normalized spacial score (nSPS) is 50.3. The highest BCUT2D eigenvalue weighted by molar-refractivity contribution is 5.00. The first kappa shape index (κ1) is 15.6. The molecule has 0 amide bonds. The van der Waals surface area contributed by atoms with Crippen LogP contribution >= 0.6 is 0 Å². The highest BCUT2D eigenvalue weighted by atomic mass is 16.5. The lowest BCUT2D eigenvalue weighted by molar-refractivity contribution is -0.222. The summed E-state index contributed by atoms with van der Waals surface area (Å²) in [4.78, 5) is 0. The molecule has 8 N–H and O–H groups in total. The van der Waals surface area contributed by atoms with Crippen LogP contribution in [0.4, 0.5) is 0 Å². The Morgan fingerprint density at radius 3 is 1.57 bits per heavy atom. The molecule has 3 aliphatic rings. The van der Waals surface area contributed by atoms with Gasteiger partial charge in [-0.3, -0.25) is 0 Å². The summed E-state index contributed by atoms with van der Waals surface area (Å²) < 4.78 is 5.63. The van der Waals surface area contributed by atoms with Crippen LogP contribution in [0.15, 0.2) is 0 Å². The van der Waals surface area contributed by atoms with Crippen molar-refractivity contribution in [2.24, 2.45) is 47.0 Å². The van der Waals surface area contributed by atoms with Crippen molar-refractivity contribution in [3.63, 3.8) is 0 Å². The minimum Gasteiger partial charge on any atom is -0.368 e. The van der Waals surface area contributed by atoms with E-state index in [4.69, 9.17) is 16.2 Å². The second-order valence-corrected chi connectivity index (χ2v) is 7.02. The molecule has 0 spiro atoms. The summed E-state index contributed by atoms with van der Waals surface area (Å²) in [6.45, 7) is 0. The van der Waals surface area contributed by atoms with E-state index in [-0.39, 0.29) is 35.5 Å². The summed E-state index contributed by atoms with van der Waals surface area (Å²) in [5.74, 6) is 0.0797. The molecular formula is C14H26N2O5. The molecule has 122 valence electrons. The van der Waals surface area contributed by atoms with E-state index in [1.807, 2.05) is 0 Å². The number of aliphatic hydroxyl groups excluding tert-OH is 2. The lowest BCUT2D eigenvalue weighted by Gasteiger charge is -2.56. The molecule has 6 atom stereocenters. The van der Waals surface area contributed by atoms with E-state index >= 15 is 0 Å². The van der Waals surface area contributed by atoms with Crippen molar-refractivity contribution >= 4 is 0 Å². The van der Waals surface area contributed by atoms with Crippen LogP contribution < -0.4 is 11.5 Å². The summed E-state index contributed by atoms with van der Waals surface area (Å²) in [5.41, 5.74) is 12.2. The van der Waals surface area contributed by atoms with Gasteiger partial charge >= 0.3 is 0 Å². The Kier molecular flexibility index (Phi) is 4.26. The third-order valence-corrected chi connectivity index (χ3v) is 5.90. The van der Waals surface area contributed by atoms with Gasteiger partial charge in [-0.05, 0) is 37.5 Å². The lowest BCUT2D eigenvalue weighted by atomic mass is 9.54. The summed E-state index contributed by atoms with van der Waals surface area (Å²) in [6.07, 6.45) is -1.14. The third kappa shape index (κ3) is 2.72. The van der Waals surface area contributed by atoms with Gasteiger partial charge in [0.25, 0.3) is 0 Å². The molecular weight excluding hydrogens is 276 g/mol. The summed E-state index contributed by atoms with van der Waals surface area (Å²) in [7, 11) is 0. The fraction of sp³-hybridized carbons (Fsp3) is 1.00. The average molecular weight is 302 g/mol. The second kappa shape index (κ2) is 5.73. The molecule has 3 rings (SSSR count). The van der Waals surface area contributed by atoms with Crippen LogP contribution in [-0.2, 0) is 4.74 Å². The summed E-state index contributed by atoms with van der Waals surface area (Å²) >= 11 is 0. The molecule has 2 saturated carbocycles. The summed E-state index contributed by atoms with van der Waals surface area (Å²) in [6, 6.07) is 0. The van der Waals surface area contributed by atoms with E-state index in [1.165, 1.54) is 0 Å². The molecule has 7 nitrogen and oxygen atoms in total. The van der Waals surface area contributed by atoms with Crippen LogP contribution in [0, 0.1) is 35.5 Å². The highest BCUT2D eigenvalue weighted by Crippen LogP contribution is 2.54. The number of rotatable bonds is 2. The van der Waals surface area contributed by atoms with Crippen molar-refractivity contribution in [1.82, 2.24) is 0 Å². The Hall–Kier alpha value is -0.280. The molecule has 21 heavy (non-hydrogen) atoms. The topological polar surface area (TPSA) is 142 Å². The van der Waals surface area contributed by atoms with Gasteiger partial charge in [-0.2, -0.15) is 0 Å². The molecule has 6 unspecified atom stereocenters. The maximum atomic E-state index is 9.53. The zero-order valence-electron chi connectivity index (χ0n) is 12.0. The molecule has 2 aliphatic carbocycles. The van der Waals surface area contributed by atoms with Crippen LogP contribution in [0.2, 0.25) is 0 Å². The molecule has 0 aromatic rings. The van der Waals surface area contributed by atoms with E-state index in [0.717, 1.165) is 0 Å². The van der Waals surface area contributed by atoms with Gasteiger partial charge in [0.2, 0.25) is 0 Å². The lowest BCUT2D eigenvalue weighted by Crippen LogP contribution is -2.61. The van der Waals surface area contributed by atoms with Crippen molar-refractivity contribution in [2.75, 3.05) is 0 Å². The number of hydrogen-bond donors (Lipinski definition) is 6. The smallest absolute Gasteiger partial charge is 0.154 e. The van der Waals surface area contributed by atoms with Crippen molar-refractivity contribution < 1.29 is 25.2 Å². The van der Waals surface area contributed by atoms with Crippen LogP contribution in [0.1, 0.15) is 25.7 Å². The Labute approximate surface area is 123 Å². The maximum Gasteiger partial charge on any atom is 0.154 e. The Bertz CT molecular complexity index is 348. The monoisotopic (exact) mass is 302 g/mol. The van der Waals surface area contributed by atoms with Crippen LogP contribution in [-0.4, -0.2) is 45.5 Å². The first-order valence-corrected chi connectivity index (χ1v) is 7.77. The first-order valence-electron chi connectivity index (χ1n) is 7.77. The van der Waals surface area contributed by atoms with E-state index in [1.54, 1.807) is 0 Å². The third-order valence-electron chi connectivity index (χ3n) is 5.90. The molecule has 1 aliphatic heterocycles. The zero-order valence-corrected chi connectivity index (χ0v) is 12.0. The van der Waals surface area contributed by atoms with E-state index < -0.39 is 25.0 Å². The average Bonchev–Trinajstić information content (AvgIpc) is 2.43. The molecule has 0 radical (unpaired) electrons. The SMILES string of the molecule is NC1OC(N)C2CC(C(O)O)CC3CC(C(O)O)CC1C32. The van der Waals surface area contributed by atoms with Gasteiger partial charge in [0.15, 0.2) is 12.6 Å². The van der Waals surface area contributed by atoms with Gasteiger partial charge in [0.1, 0.15) is 12.5 Å².